The van der Waals surface area contributed by atoms with Gasteiger partial charge in [0, 0.05) is 19.5 Å². The largest absolute Gasteiger partial charge is 0.356 e. The van der Waals surface area contributed by atoms with Crippen LogP contribution < -0.4 is 10.6 Å². The summed E-state index contributed by atoms with van der Waals surface area (Å²) in [6, 6.07) is 2.24. The fraction of sp³-hybridized carbons (Fsp3) is 0.562. The van der Waals surface area contributed by atoms with Gasteiger partial charge in [0.25, 0.3) is 0 Å². The van der Waals surface area contributed by atoms with E-state index in [4.69, 9.17) is 0 Å². The highest BCUT2D eigenvalue weighted by Crippen LogP contribution is 2.21. The number of carbonyl (C=O) groups is 1. The number of nitrogens with one attached hydrogen (secondary N) is 2. The molecule has 19 heavy (non-hydrogen) atoms. The van der Waals surface area contributed by atoms with Crippen molar-refractivity contribution in [3.63, 3.8) is 0 Å². The Kier molecular flexibility index (Phi) is 6.03. The second-order valence-corrected chi connectivity index (χ2v) is 5.19. The number of benzene rings is 1. The van der Waals surface area contributed by atoms with E-state index in [9.17, 15) is 4.79 Å². The molecular formula is C16H26N2O. The molecule has 0 aliphatic rings. The van der Waals surface area contributed by atoms with E-state index in [0.717, 1.165) is 13.0 Å². The van der Waals surface area contributed by atoms with Crippen LogP contribution in [0.5, 0.6) is 0 Å². The van der Waals surface area contributed by atoms with E-state index in [1.807, 2.05) is 7.05 Å². The van der Waals surface area contributed by atoms with Crippen LogP contribution in [0, 0.1) is 27.7 Å². The maximum Gasteiger partial charge on any atom is 0.221 e. The van der Waals surface area contributed by atoms with Crippen molar-refractivity contribution in [3.8, 4) is 0 Å². The van der Waals surface area contributed by atoms with Gasteiger partial charge in [-0.1, -0.05) is 6.07 Å². The van der Waals surface area contributed by atoms with Gasteiger partial charge in [0.1, 0.15) is 0 Å². The van der Waals surface area contributed by atoms with Crippen LogP contribution in [0.2, 0.25) is 0 Å². The SMILES string of the molecule is CNCCC(=O)NCCc1c(C)c(C)cc(C)c1C. The van der Waals surface area contributed by atoms with Crippen molar-refractivity contribution >= 4 is 5.91 Å². The summed E-state index contributed by atoms with van der Waals surface area (Å²) in [5.41, 5.74) is 6.76. The van der Waals surface area contributed by atoms with E-state index in [1.165, 1.54) is 27.8 Å². The maximum atomic E-state index is 11.5. The monoisotopic (exact) mass is 262 g/mol. The highest BCUT2D eigenvalue weighted by Gasteiger charge is 2.08. The minimum absolute atomic E-state index is 0.119. The average molecular weight is 262 g/mol. The van der Waals surface area contributed by atoms with E-state index in [2.05, 4.69) is 44.4 Å². The first kappa shape index (κ1) is 15.7. The molecule has 2 N–H and O–H groups in total. The highest BCUT2D eigenvalue weighted by molar-refractivity contribution is 5.76. The molecule has 0 bridgehead atoms. The molecule has 0 saturated heterocycles. The summed E-state index contributed by atoms with van der Waals surface area (Å²) in [4.78, 5) is 11.5. The molecule has 0 heterocycles. The predicted molar refractivity (Wildman–Crippen MR) is 80.6 cm³/mol. The third kappa shape index (κ3) is 4.35. The highest BCUT2D eigenvalue weighted by atomic mass is 16.1. The Morgan fingerprint density at radius 3 is 2.16 bits per heavy atom. The quantitative estimate of drug-likeness (QED) is 0.825. The van der Waals surface area contributed by atoms with Crippen molar-refractivity contribution < 1.29 is 4.79 Å². The minimum Gasteiger partial charge on any atom is -0.356 e. The standard InChI is InChI=1S/C16H26N2O/c1-11-10-12(2)14(4)15(13(11)3)6-9-18-16(19)7-8-17-5/h10,17H,6-9H2,1-5H3,(H,18,19). The van der Waals surface area contributed by atoms with Gasteiger partial charge >= 0.3 is 0 Å². The van der Waals surface area contributed by atoms with E-state index >= 15 is 0 Å². The molecule has 0 radical (unpaired) electrons. The summed E-state index contributed by atoms with van der Waals surface area (Å²) in [7, 11) is 1.86. The molecule has 0 unspecified atom stereocenters. The second-order valence-electron chi connectivity index (χ2n) is 5.19. The zero-order chi connectivity index (χ0) is 14.4. The predicted octanol–water partition coefficient (Wildman–Crippen LogP) is 2.19. The van der Waals surface area contributed by atoms with Gasteiger partial charge in [-0.3, -0.25) is 4.79 Å². The lowest BCUT2D eigenvalue weighted by Crippen LogP contribution is -2.28. The van der Waals surface area contributed by atoms with Crippen molar-refractivity contribution in [1.82, 2.24) is 10.6 Å². The zero-order valence-corrected chi connectivity index (χ0v) is 12.8. The molecule has 0 aliphatic carbocycles. The topological polar surface area (TPSA) is 41.1 Å². The molecule has 1 amide bonds. The molecule has 0 aromatic heterocycles. The lowest BCUT2D eigenvalue weighted by Gasteiger charge is -2.15. The summed E-state index contributed by atoms with van der Waals surface area (Å²) in [6.07, 6.45) is 1.45. The third-order valence-electron chi connectivity index (χ3n) is 3.82. The van der Waals surface area contributed by atoms with Gasteiger partial charge in [-0.2, -0.15) is 0 Å². The van der Waals surface area contributed by atoms with Crippen molar-refractivity contribution in [2.45, 2.75) is 40.5 Å². The molecule has 3 heteroatoms. The lowest BCUT2D eigenvalue weighted by molar-refractivity contribution is -0.120. The summed E-state index contributed by atoms with van der Waals surface area (Å²) >= 11 is 0. The molecule has 0 spiro atoms. The van der Waals surface area contributed by atoms with Crippen LogP contribution in [0.25, 0.3) is 0 Å². The first-order valence-corrected chi connectivity index (χ1v) is 6.95. The number of hydrogen-bond donors (Lipinski definition) is 2. The number of aryl methyl sites for hydroxylation is 2. The van der Waals surface area contributed by atoms with Crippen molar-refractivity contribution in [2.75, 3.05) is 20.1 Å². The Balaban J connectivity index is 2.61. The fourth-order valence-corrected chi connectivity index (χ4v) is 2.33. The van der Waals surface area contributed by atoms with Gasteiger partial charge < -0.3 is 10.6 Å². The van der Waals surface area contributed by atoms with Crippen molar-refractivity contribution in [2.24, 2.45) is 0 Å². The number of hydrogen-bond acceptors (Lipinski definition) is 2. The van der Waals surface area contributed by atoms with Gasteiger partial charge in [0.15, 0.2) is 0 Å². The lowest BCUT2D eigenvalue weighted by atomic mass is 9.92. The zero-order valence-electron chi connectivity index (χ0n) is 12.8. The molecular weight excluding hydrogens is 236 g/mol. The van der Waals surface area contributed by atoms with Crippen LogP contribution in [0.15, 0.2) is 6.07 Å². The van der Waals surface area contributed by atoms with E-state index in [-0.39, 0.29) is 5.91 Å². The molecule has 3 nitrogen and oxygen atoms in total. The fourth-order valence-electron chi connectivity index (χ4n) is 2.33. The Morgan fingerprint density at radius 2 is 1.63 bits per heavy atom. The first-order valence-electron chi connectivity index (χ1n) is 6.95. The van der Waals surface area contributed by atoms with Crippen LogP contribution in [0.4, 0.5) is 0 Å². The molecule has 0 fully saturated rings. The number of carbonyl (C=O) groups excluding carboxylic acids is 1. The van der Waals surface area contributed by atoms with E-state index < -0.39 is 0 Å². The summed E-state index contributed by atoms with van der Waals surface area (Å²) < 4.78 is 0. The van der Waals surface area contributed by atoms with E-state index in [1.54, 1.807) is 0 Å². The second kappa shape index (κ2) is 7.29. The smallest absolute Gasteiger partial charge is 0.221 e. The molecule has 0 saturated carbocycles. The molecule has 1 aromatic carbocycles. The van der Waals surface area contributed by atoms with Gasteiger partial charge in [-0.15, -0.1) is 0 Å². The molecule has 1 aromatic rings. The summed E-state index contributed by atoms with van der Waals surface area (Å²) in [5.74, 6) is 0.119. The van der Waals surface area contributed by atoms with E-state index in [0.29, 0.717) is 13.0 Å². The van der Waals surface area contributed by atoms with Gasteiger partial charge in [0.05, 0.1) is 0 Å². The summed E-state index contributed by atoms with van der Waals surface area (Å²) in [5, 5.41) is 5.96. The normalized spacial score (nSPS) is 10.6. The Morgan fingerprint density at radius 1 is 1.05 bits per heavy atom. The van der Waals surface area contributed by atoms with Crippen LogP contribution in [0.3, 0.4) is 0 Å². The van der Waals surface area contributed by atoms with Gasteiger partial charge in [0.2, 0.25) is 5.91 Å². The minimum atomic E-state index is 0.119. The van der Waals surface area contributed by atoms with Crippen LogP contribution in [-0.4, -0.2) is 26.0 Å². The van der Waals surface area contributed by atoms with Crippen LogP contribution >= 0.6 is 0 Å². The Labute approximate surface area is 116 Å². The first-order chi connectivity index (χ1) is 8.97. The van der Waals surface area contributed by atoms with Crippen molar-refractivity contribution in [3.05, 3.63) is 33.9 Å². The average Bonchev–Trinajstić information content (AvgIpc) is 2.38. The summed E-state index contributed by atoms with van der Waals surface area (Å²) in [6.45, 7) is 10.1. The maximum absolute atomic E-state index is 11.5. The Hall–Kier alpha value is -1.35. The third-order valence-corrected chi connectivity index (χ3v) is 3.82. The van der Waals surface area contributed by atoms with Crippen molar-refractivity contribution in [1.29, 1.82) is 0 Å². The Bertz CT molecular complexity index is 426. The molecule has 0 aliphatic heterocycles. The molecule has 1 rings (SSSR count). The number of amides is 1. The van der Waals surface area contributed by atoms with Crippen LogP contribution in [0.1, 0.15) is 34.2 Å². The van der Waals surface area contributed by atoms with Crippen LogP contribution in [-0.2, 0) is 11.2 Å². The molecule has 0 atom stereocenters. The van der Waals surface area contributed by atoms with Gasteiger partial charge in [-0.05, 0) is 69.0 Å². The molecule has 106 valence electrons. The number of rotatable bonds is 6. The van der Waals surface area contributed by atoms with Gasteiger partial charge in [-0.25, -0.2) is 0 Å².